The lowest BCUT2D eigenvalue weighted by Gasteiger charge is -2.45. The van der Waals surface area contributed by atoms with Crippen LogP contribution in [0, 0.1) is 23.7 Å². The molecule has 0 aromatic heterocycles. The topological polar surface area (TPSA) is 113 Å². The Morgan fingerprint density at radius 1 is 1.16 bits per heavy atom. The summed E-state index contributed by atoms with van der Waals surface area (Å²) < 4.78 is 5.95. The van der Waals surface area contributed by atoms with Crippen molar-refractivity contribution in [2.24, 2.45) is 23.7 Å². The number of Topliss-reactive ketones (excluding diaryl/α,β-unsaturated/α-hetero) is 1. The Kier molecular flexibility index (Phi) is 6.77. The number of nitrogens with one attached hydrogen (secondary N) is 1. The van der Waals surface area contributed by atoms with Crippen molar-refractivity contribution < 1.29 is 29.3 Å². The third kappa shape index (κ3) is 4.35. The summed E-state index contributed by atoms with van der Waals surface area (Å²) in [6, 6.07) is -0.142. The van der Waals surface area contributed by atoms with Crippen molar-refractivity contribution in [1.82, 2.24) is 5.32 Å². The maximum atomic E-state index is 13.5. The fourth-order valence-corrected chi connectivity index (χ4v) is 5.43. The van der Waals surface area contributed by atoms with Crippen molar-refractivity contribution in [3.63, 3.8) is 0 Å². The minimum atomic E-state index is -1.66. The molecule has 1 aliphatic carbocycles. The molecule has 0 radical (unpaired) electrons. The quantitative estimate of drug-likeness (QED) is 0.454. The molecule has 7 unspecified atom stereocenters. The predicted molar refractivity (Wildman–Crippen MR) is 115 cm³/mol. The number of hydrogen-bond acceptors (Lipinski definition) is 6. The molecule has 7 atom stereocenters. The van der Waals surface area contributed by atoms with Gasteiger partial charge in [-0.3, -0.25) is 14.4 Å². The highest BCUT2D eigenvalue weighted by molar-refractivity contribution is 5.94. The van der Waals surface area contributed by atoms with Crippen LogP contribution in [0.2, 0.25) is 0 Å². The van der Waals surface area contributed by atoms with Crippen LogP contribution >= 0.6 is 0 Å². The SMILES string of the molecule is CC1=CC2C=C(C)C(C)C3C(CC(C)C)NC(=O)C23OC(=O)CC(O)C(=O)C(O)CC1. The summed E-state index contributed by atoms with van der Waals surface area (Å²) in [6.45, 7) is 10.2. The number of carbonyl (C=O) groups excluding carboxylic acids is 3. The van der Waals surface area contributed by atoms with E-state index in [4.69, 9.17) is 4.74 Å². The van der Waals surface area contributed by atoms with E-state index in [1.54, 1.807) is 0 Å². The molecule has 0 saturated carbocycles. The van der Waals surface area contributed by atoms with Gasteiger partial charge in [-0.25, -0.2) is 0 Å². The molecule has 2 aliphatic heterocycles. The van der Waals surface area contributed by atoms with E-state index in [1.165, 1.54) is 0 Å². The number of amides is 1. The molecule has 1 saturated heterocycles. The second-order valence-corrected chi connectivity index (χ2v) is 9.92. The van der Waals surface area contributed by atoms with Crippen LogP contribution in [0.3, 0.4) is 0 Å². The van der Waals surface area contributed by atoms with E-state index in [9.17, 15) is 24.6 Å². The van der Waals surface area contributed by atoms with Gasteiger partial charge in [0.05, 0.1) is 6.42 Å². The lowest BCUT2D eigenvalue weighted by molar-refractivity contribution is -0.179. The largest absolute Gasteiger partial charge is 0.447 e. The van der Waals surface area contributed by atoms with Crippen LogP contribution in [0.15, 0.2) is 23.3 Å². The molecule has 2 heterocycles. The Morgan fingerprint density at radius 2 is 1.84 bits per heavy atom. The Labute approximate surface area is 183 Å². The first kappa shape index (κ1) is 23.7. The van der Waals surface area contributed by atoms with Gasteiger partial charge < -0.3 is 20.3 Å². The average Bonchev–Trinajstić information content (AvgIpc) is 2.94. The molecule has 1 spiro atoms. The van der Waals surface area contributed by atoms with Crippen LogP contribution in [0.25, 0.3) is 0 Å². The molecule has 7 heteroatoms. The van der Waals surface area contributed by atoms with Crippen LogP contribution in [0.4, 0.5) is 0 Å². The van der Waals surface area contributed by atoms with Crippen LogP contribution in [0.5, 0.6) is 0 Å². The van der Waals surface area contributed by atoms with Crippen molar-refractivity contribution >= 4 is 17.7 Å². The van der Waals surface area contributed by atoms with Crippen molar-refractivity contribution in [3.05, 3.63) is 23.3 Å². The number of rotatable bonds is 2. The number of carbonyl (C=O) groups is 3. The van der Waals surface area contributed by atoms with Gasteiger partial charge in [0.1, 0.15) is 12.2 Å². The molecular weight excluding hydrogens is 398 g/mol. The van der Waals surface area contributed by atoms with E-state index in [1.807, 2.05) is 26.0 Å². The second kappa shape index (κ2) is 8.87. The maximum Gasteiger partial charge on any atom is 0.310 e. The standard InChI is InChI=1S/C24H35NO6/c1-12(2)8-17-21-15(5)14(4)10-16-9-13(3)6-7-18(26)22(29)19(27)11-20(28)31-24(16,21)23(30)25-17/h9-10,12,15-19,21,26-27H,6-8,11H2,1-5H3,(H,25,30). The normalized spacial score (nSPS) is 39.4. The zero-order chi connectivity index (χ0) is 23.1. The number of hydrogen-bond donors (Lipinski definition) is 3. The van der Waals surface area contributed by atoms with Gasteiger partial charge in [-0.05, 0) is 44.9 Å². The molecule has 0 aromatic rings. The molecule has 1 fully saturated rings. The lowest BCUT2D eigenvalue weighted by atomic mass is 9.63. The maximum absolute atomic E-state index is 13.5. The van der Waals surface area contributed by atoms with Crippen LogP contribution in [-0.2, 0) is 19.1 Å². The highest BCUT2D eigenvalue weighted by Gasteiger charge is 2.64. The molecule has 7 nitrogen and oxygen atoms in total. The number of allylic oxidation sites excluding steroid dienone is 2. The summed E-state index contributed by atoms with van der Waals surface area (Å²) in [7, 11) is 0. The minimum Gasteiger partial charge on any atom is -0.447 e. The van der Waals surface area contributed by atoms with Crippen LogP contribution in [0.1, 0.15) is 60.3 Å². The monoisotopic (exact) mass is 433 g/mol. The summed E-state index contributed by atoms with van der Waals surface area (Å²) in [5, 5.41) is 23.4. The summed E-state index contributed by atoms with van der Waals surface area (Å²) in [4.78, 5) is 38.6. The molecule has 3 aliphatic rings. The molecule has 0 aromatic carbocycles. The summed E-state index contributed by atoms with van der Waals surface area (Å²) >= 11 is 0. The first-order valence-corrected chi connectivity index (χ1v) is 11.3. The second-order valence-electron chi connectivity index (χ2n) is 9.92. The van der Waals surface area contributed by atoms with Crippen molar-refractivity contribution in [2.75, 3.05) is 0 Å². The van der Waals surface area contributed by atoms with Crippen LogP contribution < -0.4 is 5.32 Å². The number of ether oxygens (including phenoxy) is 1. The Bertz CT molecular complexity index is 815. The molecule has 31 heavy (non-hydrogen) atoms. The van der Waals surface area contributed by atoms with Gasteiger partial charge in [-0.2, -0.15) is 0 Å². The number of esters is 1. The highest BCUT2D eigenvalue weighted by atomic mass is 16.6. The van der Waals surface area contributed by atoms with Gasteiger partial charge in [-0.1, -0.05) is 44.1 Å². The third-order valence-electron chi connectivity index (χ3n) is 7.10. The first-order chi connectivity index (χ1) is 14.5. The van der Waals surface area contributed by atoms with Crippen molar-refractivity contribution in [3.8, 4) is 0 Å². The van der Waals surface area contributed by atoms with E-state index >= 15 is 0 Å². The zero-order valence-electron chi connectivity index (χ0n) is 19.1. The smallest absolute Gasteiger partial charge is 0.310 e. The van der Waals surface area contributed by atoms with Gasteiger partial charge in [-0.15, -0.1) is 0 Å². The lowest BCUT2D eigenvalue weighted by Crippen LogP contribution is -2.56. The van der Waals surface area contributed by atoms with Gasteiger partial charge in [0.15, 0.2) is 5.78 Å². The van der Waals surface area contributed by atoms with E-state index < -0.39 is 41.9 Å². The van der Waals surface area contributed by atoms with E-state index in [-0.39, 0.29) is 30.2 Å². The van der Waals surface area contributed by atoms with Crippen molar-refractivity contribution in [2.45, 2.75) is 84.2 Å². The molecule has 1 amide bonds. The van der Waals surface area contributed by atoms with Gasteiger partial charge in [0.2, 0.25) is 5.60 Å². The summed E-state index contributed by atoms with van der Waals surface area (Å²) in [5.74, 6) is -2.28. The average molecular weight is 434 g/mol. The Hall–Kier alpha value is -1.99. The molecular formula is C24H35NO6. The Balaban J connectivity index is 2.13. The van der Waals surface area contributed by atoms with Crippen LogP contribution in [-0.4, -0.2) is 51.7 Å². The number of aliphatic hydroxyl groups is 2. The van der Waals surface area contributed by atoms with E-state index in [0.29, 0.717) is 12.3 Å². The highest BCUT2D eigenvalue weighted by Crippen LogP contribution is 2.51. The molecule has 3 rings (SSSR count). The number of ketones is 1. The Morgan fingerprint density at radius 3 is 2.48 bits per heavy atom. The fraction of sp³-hybridized carbons (Fsp3) is 0.708. The fourth-order valence-electron chi connectivity index (χ4n) is 5.43. The third-order valence-corrected chi connectivity index (χ3v) is 7.10. The predicted octanol–water partition coefficient (Wildman–Crippen LogP) is 2.06. The van der Waals surface area contributed by atoms with E-state index in [0.717, 1.165) is 17.6 Å². The molecule has 0 bridgehead atoms. The van der Waals surface area contributed by atoms with Crippen molar-refractivity contribution in [1.29, 1.82) is 0 Å². The molecule has 3 N–H and O–H groups in total. The van der Waals surface area contributed by atoms with Gasteiger partial charge >= 0.3 is 5.97 Å². The zero-order valence-corrected chi connectivity index (χ0v) is 19.1. The molecule has 172 valence electrons. The summed E-state index contributed by atoms with van der Waals surface area (Å²) in [5.41, 5.74) is 0.607. The summed E-state index contributed by atoms with van der Waals surface area (Å²) in [6.07, 6.45) is 1.69. The number of aliphatic hydroxyl groups excluding tert-OH is 2. The van der Waals surface area contributed by atoms with Gasteiger partial charge in [0.25, 0.3) is 5.91 Å². The van der Waals surface area contributed by atoms with E-state index in [2.05, 4.69) is 26.1 Å². The first-order valence-electron chi connectivity index (χ1n) is 11.3. The van der Waals surface area contributed by atoms with Gasteiger partial charge in [0, 0.05) is 17.9 Å². The minimum absolute atomic E-state index is 0.0155.